The second-order valence-electron chi connectivity index (χ2n) is 5.57. The molecule has 1 aromatic carbocycles. The van der Waals surface area contributed by atoms with Gasteiger partial charge in [0.05, 0.1) is 16.8 Å². The Kier molecular flexibility index (Phi) is 4.75. The number of nitrogens with zero attached hydrogens (tertiary/aromatic N) is 3. The number of hydrogen-bond donors (Lipinski definition) is 1. The van der Waals surface area contributed by atoms with Gasteiger partial charge in [-0.2, -0.15) is 0 Å². The number of benzene rings is 1. The average molecular weight is 388 g/mol. The minimum atomic E-state index is -3.96. The fourth-order valence-corrected chi connectivity index (χ4v) is 4.61. The van der Waals surface area contributed by atoms with Crippen LogP contribution in [0.25, 0.3) is 0 Å². The van der Waals surface area contributed by atoms with E-state index < -0.39 is 15.9 Å². The van der Waals surface area contributed by atoms with E-state index in [1.165, 1.54) is 48.0 Å². The first kappa shape index (κ1) is 18.0. The standard InChI is InChI=1S/C17H16N4O3S2/c1-11-9-14(10-20-12(11)2)21(17-19-7-8-25-17)26(23,24)15-5-3-13(4-6-15)16(18)22/h3-10H,1-2H3,(H2,18,22). The van der Waals surface area contributed by atoms with E-state index in [0.29, 0.717) is 10.8 Å². The van der Waals surface area contributed by atoms with E-state index in [1.807, 2.05) is 13.8 Å². The number of carbonyl (C=O) groups excluding carboxylic acids is 1. The van der Waals surface area contributed by atoms with Gasteiger partial charge < -0.3 is 5.73 Å². The summed E-state index contributed by atoms with van der Waals surface area (Å²) < 4.78 is 27.7. The van der Waals surface area contributed by atoms with Crippen molar-refractivity contribution < 1.29 is 13.2 Å². The van der Waals surface area contributed by atoms with E-state index in [4.69, 9.17) is 5.73 Å². The van der Waals surface area contributed by atoms with Crippen LogP contribution in [-0.4, -0.2) is 24.3 Å². The summed E-state index contributed by atoms with van der Waals surface area (Å²) in [6, 6.07) is 7.22. The van der Waals surface area contributed by atoms with E-state index >= 15 is 0 Å². The van der Waals surface area contributed by atoms with Crippen molar-refractivity contribution in [2.45, 2.75) is 18.7 Å². The van der Waals surface area contributed by atoms with Crippen LogP contribution >= 0.6 is 11.3 Å². The Morgan fingerprint density at radius 3 is 2.38 bits per heavy atom. The number of anilines is 2. The van der Waals surface area contributed by atoms with Gasteiger partial charge in [-0.3, -0.25) is 9.78 Å². The Bertz CT molecular complexity index is 1050. The molecular formula is C17H16N4O3S2. The molecule has 7 nitrogen and oxygen atoms in total. The number of rotatable bonds is 5. The summed E-state index contributed by atoms with van der Waals surface area (Å²) in [5, 5.41) is 2.00. The van der Waals surface area contributed by atoms with Crippen LogP contribution in [-0.2, 0) is 10.0 Å². The van der Waals surface area contributed by atoms with Gasteiger partial charge in [0.1, 0.15) is 0 Å². The maximum Gasteiger partial charge on any atom is 0.270 e. The smallest absolute Gasteiger partial charge is 0.270 e. The molecule has 0 unspecified atom stereocenters. The fraction of sp³-hybridized carbons (Fsp3) is 0.118. The second-order valence-corrected chi connectivity index (χ2v) is 8.23. The van der Waals surface area contributed by atoms with E-state index in [1.54, 1.807) is 11.4 Å². The van der Waals surface area contributed by atoms with E-state index in [0.717, 1.165) is 15.6 Å². The molecule has 1 amide bonds. The minimum absolute atomic E-state index is 0.0240. The summed E-state index contributed by atoms with van der Waals surface area (Å²) in [4.78, 5) is 19.7. The maximum absolute atomic E-state index is 13.3. The Morgan fingerprint density at radius 1 is 1.15 bits per heavy atom. The predicted molar refractivity (Wildman–Crippen MR) is 100 cm³/mol. The number of amides is 1. The van der Waals surface area contributed by atoms with Crippen LogP contribution in [0.15, 0.2) is 53.0 Å². The summed E-state index contributed by atoms with van der Waals surface area (Å²) in [5.41, 5.74) is 7.52. The molecule has 2 N–H and O–H groups in total. The molecule has 0 aliphatic carbocycles. The first-order chi connectivity index (χ1) is 12.3. The fourth-order valence-electron chi connectivity index (χ4n) is 2.30. The zero-order chi connectivity index (χ0) is 18.9. The first-order valence-corrected chi connectivity index (χ1v) is 9.90. The average Bonchev–Trinajstić information content (AvgIpc) is 3.12. The van der Waals surface area contributed by atoms with Crippen LogP contribution in [0.5, 0.6) is 0 Å². The molecule has 3 aromatic rings. The lowest BCUT2D eigenvalue weighted by Gasteiger charge is -2.22. The highest BCUT2D eigenvalue weighted by atomic mass is 32.2. The van der Waals surface area contributed by atoms with Crippen LogP contribution < -0.4 is 10.0 Å². The number of sulfonamides is 1. The highest BCUT2D eigenvalue weighted by molar-refractivity contribution is 7.93. The van der Waals surface area contributed by atoms with Crippen molar-refractivity contribution in [1.82, 2.24) is 9.97 Å². The summed E-state index contributed by atoms with van der Waals surface area (Å²) in [6.45, 7) is 3.71. The van der Waals surface area contributed by atoms with Gasteiger partial charge in [-0.1, -0.05) is 0 Å². The zero-order valence-electron chi connectivity index (χ0n) is 14.1. The summed E-state index contributed by atoms with van der Waals surface area (Å²) in [6.07, 6.45) is 3.03. The summed E-state index contributed by atoms with van der Waals surface area (Å²) in [5.74, 6) is -0.621. The van der Waals surface area contributed by atoms with E-state index in [2.05, 4.69) is 9.97 Å². The SMILES string of the molecule is Cc1cc(N(c2nccs2)S(=O)(=O)c2ccc(C(N)=O)cc2)cnc1C. The van der Waals surface area contributed by atoms with Crippen LogP contribution in [0, 0.1) is 13.8 Å². The predicted octanol–water partition coefficient (Wildman–Crippen LogP) is 2.78. The molecule has 2 heterocycles. The maximum atomic E-state index is 13.3. The third-order valence-corrected chi connectivity index (χ3v) is 6.43. The lowest BCUT2D eigenvalue weighted by atomic mass is 10.2. The second kappa shape index (κ2) is 6.85. The van der Waals surface area contributed by atoms with Crippen molar-refractivity contribution in [1.29, 1.82) is 0 Å². The van der Waals surface area contributed by atoms with Crippen molar-refractivity contribution in [3.63, 3.8) is 0 Å². The number of nitrogens with two attached hydrogens (primary N) is 1. The zero-order valence-corrected chi connectivity index (χ0v) is 15.7. The third kappa shape index (κ3) is 3.31. The number of primary amides is 1. The van der Waals surface area contributed by atoms with Crippen LogP contribution in [0.3, 0.4) is 0 Å². The van der Waals surface area contributed by atoms with Crippen molar-refractivity contribution in [3.05, 3.63) is 64.9 Å². The number of hydrogen-bond acceptors (Lipinski definition) is 6. The minimum Gasteiger partial charge on any atom is -0.366 e. The van der Waals surface area contributed by atoms with Crippen LogP contribution in [0.1, 0.15) is 21.6 Å². The van der Waals surface area contributed by atoms with Gasteiger partial charge in [-0.15, -0.1) is 11.3 Å². The van der Waals surface area contributed by atoms with E-state index in [-0.39, 0.29) is 10.5 Å². The van der Waals surface area contributed by atoms with Crippen LogP contribution in [0.4, 0.5) is 10.8 Å². The molecule has 0 aliphatic rings. The molecule has 134 valence electrons. The van der Waals surface area contributed by atoms with Crippen molar-refractivity contribution in [2.24, 2.45) is 5.73 Å². The number of pyridine rings is 1. The molecule has 0 radical (unpaired) electrons. The van der Waals surface area contributed by atoms with Crippen molar-refractivity contribution in [2.75, 3.05) is 4.31 Å². The largest absolute Gasteiger partial charge is 0.366 e. The highest BCUT2D eigenvalue weighted by Crippen LogP contribution is 2.34. The van der Waals surface area contributed by atoms with Crippen molar-refractivity contribution >= 4 is 38.1 Å². The molecule has 3 rings (SSSR count). The number of thiazole rings is 1. The Morgan fingerprint density at radius 2 is 1.85 bits per heavy atom. The van der Waals surface area contributed by atoms with Gasteiger partial charge >= 0.3 is 0 Å². The van der Waals surface area contributed by atoms with Gasteiger partial charge in [0, 0.05) is 22.8 Å². The molecular weight excluding hydrogens is 372 g/mol. The Hall–Kier alpha value is -2.78. The van der Waals surface area contributed by atoms with Gasteiger partial charge in [0.15, 0.2) is 0 Å². The van der Waals surface area contributed by atoms with Crippen LogP contribution in [0.2, 0.25) is 0 Å². The van der Waals surface area contributed by atoms with E-state index in [9.17, 15) is 13.2 Å². The molecule has 26 heavy (non-hydrogen) atoms. The Balaban J connectivity index is 2.14. The molecule has 0 aliphatic heterocycles. The molecule has 0 saturated heterocycles. The van der Waals surface area contributed by atoms with Gasteiger partial charge in [-0.05, 0) is 49.7 Å². The normalized spacial score (nSPS) is 11.3. The van der Waals surface area contributed by atoms with Gasteiger partial charge in [-0.25, -0.2) is 17.7 Å². The Labute approximate surface area is 155 Å². The molecule has 0 atom stereocenters. The number of aryl methyl sites for hydroxylation is 2. The summed E-state index contributed by atoms with van der Waals surface area (Å²) in [7, 11) is -3.96. The third-order valence-electron chi connectivity index (χ3n) is 3.83. The highest BCUT2D eigenvalue weighted by Gasteiger charge is 2.29. The number of carbonyl (C=O) groups is 1. The molecule has 0 fully saturated rings. The van der Waals surface area contributed by atoms with Gasteiger partial charge in [0.2, 0.25) is 11.0 Å². The lowest BCUT2D eigenvalue weighted by Crippen LogP contribution is -2.26. The number of aromatic nitrogens is 2. The van der Waals surface area contributed by atoms with Gasteiger partial charge in [0.25, 0.3) is 10.0 Å². The molecule has 0 saturated carbocycles. The first-order valence-electron chi connectivity index (χ1n) is 7.58. The molecule has 0 bridgehead atoms. The monoisotopic (exact) mass is 388 g/mol. The molecule has 2 aromatic heterocycles. The topological polar surface area (TPSA) is 106 Å². The lowest BCUT2D eigenvalue weighted by molar-refractivity contribution is 0.1000. The quantitative estimate of drug-likeness (QED) is 0.723. The molecule has 0 spiro atoms. The summed E-state index contributed by atoms with van der Waals surface area (Å²) >= 11 is 1.20. The molecule has 9 heteroatoms. The van der Waals surface area contributed by atoms with Crippen molar-refractivity contribution in [3.8, 4) is 0 Å².